The number of rotatable bonds is 3. The van der Waals surface area contributed by atoms with Crippen LogP contribution < -0.4 is 5.73 Å². The van der Waals surface area contributed by atoms with Crippen LogP contribution in [0.2, 0.25) is 0 Å². The minimum Gasteiger partial charge on any atom is -0.330 e. The van der Waals surface area contributed by atoms with Gasteiger partial charge in [-0.2, -0.15) is 5.26 Å². The van der Waals surface area contributed by atoms with E-state index < -0.39 is 0 Å². The third-order valence-corrected chi connectivity index (χ3v) is 3.63. The molecular formula is C14H18FN3. The quantitative estimate of drug-likeness (QED) is 0.887. The standard InChI is InChI=1S/C14H18FN3/c15-14-2-1-12(13(7-14)9-17)10-18-5-3-11(8-16)4-6-18/h1-2,7,11H,3-6,8,10,16H2. The summed E-state index contributed by atoms with van der Waals surface area (Å²) in [5.41, 5.74) is 7.01. The predicted molar refractivity (Wildman–Crippen MR) is 68.2 cm³/mol. The lowest BCUT2D eigenvalue weighted by molar-refractivity contribution is 0.180. The Balaban J connectivity index is 2.00. The minimum atomic E-state index is -0.350. The Labute approximate surface area is 107 Å². The Kier molecular flexibility index (Phi) is 4.29. The van der Waals surface area contributed by atoms with E-state index in [0.717, 1.165) is 44.6 Å². The van der Waals surface area contributed by atoms with Crippen LogP contribution in [0.4, 0.5) is 4.39 Å². The van der Waals surface area contributed by atoms with Gasteiger partial charge in [-0.15, -0.1) is 0 Å². The molecule has 2 rings (SSSR count). The van der Waals surface area contributed by atoms with E-state index in [1.807, 2.05) is 0 Å². The first-order valence-electron chi connectivity index (χ1n) is 6.34. The monoisotopic (exact) mass is 247 g/mol. The van der Waals surface area contributed by atoms with Gasteiger partial charge < -0.3 is 5.73 Å². The number of benzene rings is 1. The number of nitrogens with two attached hydrogens (primary N) is 1. The first kappa shape index (κ1) is 13.0. The third kappa shape index (κ3) is 3.06. The molecule has 1 heterocycles. The van der Waals surface area contributed by atoms with Crippen molar-refractivity contribution in [1.29, 1.82) is 5.26 Å². The van der Waals surface area contributed by atoms with Crippen LogP contribution in [0.3, 0.4) is 0 Å². The number of nitriles is 1. The van der Waals surface area contributed by atoms with Gasteiger partial charge in [0.2, 0.25) is 0 Å². The van der Waals surface area contributed by atoms with Crippen LogP contribution in [0, 0.1) is 23.1 Å². The van der Waals surface area contributed by atoms with Crippen molar-refractivity contribution in [3.63, 3.8) is 0 Å². The SMILES string of the molecule is N#Cc1cc(F)ccc1CN1CCC(CN)CC1. The van der Waals surface area contributed by atoms with E-state index in [-0.39, 0.29) is 5.82 Å². The molecule has 1 aliphatic heterocycles. The summed E-state index contributed by atoms with van der Waals surface area (Å²) >= 11 is 0. The number of hydrogen-bond donors (Lipinski definition) is 1. The third-order valence-electron chi connectivity index (χ3n) is 3.63. The average molecular weight is 247 g/mol. The highest BCUT2D eigenvalue weighted by molar-refractivity contribution is 5.37. The topological polar surface area (TPSA) is 53.0 Å². The molecule has 0 radical (unpaired) electrons. The zero-order valence-corrected chi connectivity index (χ0v) is 10.4. The predicted octanol–water partition coefficient (Wildman–Crippen LogP) is 1.87. The van der Waals surface area contributed by atoms with Crippen molar-refractivity contribution in [3.05, 3.63) is 35.1 Å². The van der Waals surface area contributed by atoms with E-state index in [4.69, 9.17) is 11.0 Å². The number of hydrogen-bond acceptors (Lipinski definition) is 3. The minimum absolute atomic E-state index is 0.350. The van der Waals surface area contributed by atoms with E-state index >= 15 is 0 Å². The van der Waals surface area contributed by atoms with Gasteiger partial charge in [0.25, 0.3) is 0 Å². The molecule has 1 saturated heterocycles. The second-order valence-corrected chi connectivity index (χ2v) is 4.87. The smallest absolute Gasteiger partial charge is 0.124 e. The van der Waals surface area contributed by atoms with Gasteiger partial charge in [0, 0.05) is 6.54 Å². The van der Waals surface area contributed by atoms with E-state index in [2.05, 4.69) is 11.0 Å². The first-order chi connectivity index (χ1) is 8.72. The number of halogens is 1. The van der Waals surface area contributed by atoms with Gasteiger partial charge in [-0.05, 0) is 56.1 Å². The molecule has 2 N–H and O–H groups in total. The van der Waals surface area contributed by atoms with E-state index in [1.165, 1.54) is 12.1 Å². The molecule has 0 amide bonds. The molecule has 96 valence electrons. The number of nitrogens with zero attached hydrogens (tertiary/aromatic N) is 2. The second kappa shape index (κ2) is 5.94. The van der Waals surface area contributed by atoms with Crippen molar-refractivity contribution in [2.75, 3.05) is 19.6 Å². The molecule has 0 saturated carbocycles. The summed E-state index contributed by atoms with van der Waals surface area (Å²) in [7, 11) is 0. The zero-order chi connectivity index (χ0) is 13.0. The molecule has 0 unspecified atom stereocenters. The highest BCUT2D eigenvalue weighted by Gasteiger charge is 2.18. The van der Waals surface area contributed by atoms with Crippen LogP contribution in [-0.2, 0) is 6.54 Å². The largest absolute Gasteiger partial charge is 0.330 e. The normalized spacial score (nSPS) is 17.6. The maximum absolute atomic E-state index is 13.0. The molecule has 3 nitrogen and oxygen atoms in total. The Bertz CT molecular complexity index is 445. The number of piperidine rings is 1. The lowest BCUT2D eigenvalue weighted by atomic mass is 9.96. The Morgan fingerprint density at radius 3 is 2.72 bits per heavy atom. The van der Waals surface area contributed by atoms with Crippen molar-refractivity contribution < 1.29 is 4.39 Å². The van der Waals surface area contributed by atoms with Gasteiger partial charge in [-0.3, -0.25) is 4.90 Å². The van der Waals surface area contributed by atoms with Crippen LogP contribution in [0.1, 0.15) is 24.0 Å². The van der Waals surface area contributed by atoms with Gasteiger partial charge in [0.1, 0.15) is 5.82 Å². The molecule has 1 aromatic rings. The molecule has 1 aromatic carbocycles. The van der Waals surface area contributed by atoms with Crippen LogP contribution in [0.5, 0.6) is 0 Å². The second-order valence-electron chi connectivity index (χ2n) is 4.87. The Morgan fingerprint density at radius 1 is 1.39 bits per heavy atom. The maximum Gasteiger partial charge on any atom is 0.124 e. The summed E-state index contributed by atoms with van der Waals surface area (Å²) in [4.78, 5) is 2.31. The van der Waals surface area contributed by atoms with Gasteiger partial charge >= 0.3 is 0 Å². The fourth-order valence-corrected chi connectivity index (χ4v) is 2.41. The summed E-state index contributed by atoms with van der Waals surface area (Å²) in [6.07, 6.45) is 2.22. The highest BCUT2D eigenvalue weighted by Crippen LogP contribution is 2.19. The van der Waals surface area contributed by atoms with E-state index in [1.54, 1.807) is 6.07 Å². The first-order valence-corrected chi connectivity index (χ1v) is 6.34. The molecule has 0 bridgehead atoms. The summed E-state index contributed by atoms with van der Waals surface area (Å²) in [5, 5.41) is 9.00. The summed E-state index contributed by atoms with van der Waals surface area (Å²) in [5.74, 6) is 0.280. The molecular weight excluding hydrogens is 229 g/mol. The van der Waals surface area contributed by atoms with Crippen LogP contribution in [0.25, 0.3) is 0 Å². The van der Waals surface area contributed by atoms with E-state index in [9.17, 15) is 4.39 Å². The molecule has 0 atom stereocenters. The maximum atomic E-state index is 13.0. The van der Waals surface area contributed by atoms with Crippen molar-refractivity contribution >= 4 is 0 Å². The van der Waals surface area contributed by atoms with Crippen molar-refractivity contribution in [3.8, 4) is 6.07 Å². The molecule has 1 aliphatic rings. The molecule has 0 aromatic heterocycles. The van der Waals surface area contributed by atoms with Crippen LogP contribution in [0.15, 0.2) is 18.2 Å². The summed E-state index contributed by atoms with van der Waals surface area (Å²) < 4.78 is 13.0. The fourth-order valence-electron chi connectivity index (χ4n) is 2.41. The summed E-state index contributed by atoms with van der Waals surface area (Å²) in [6, 6.07) is 6.50. The van der Waals surface area contributed by atoms with Crippen molar-refractivity contribution in [2.24, 2.45) is 11.7 Å². The molecule has 0 spiro atoms. The summed E-state index contributed by atoms with van der Waals surface area (Å²) in [6.45, 7) is 3.49. The Hall–Kier alpha value is -1.44. The fraction of sp³-hybridized carbons (Fsp3) is 0.500. The van der Waals surface area contributed by atoms with E-state index in [0.29, 0.717) is 11.5 Å². The van der Waals surface area contributed by atoms with Gasteiger partial charge in [-0.25, -0.2) is 4.39 Å². The number of likely N-dealkylation sites (tertiary alicyclic amines) is 1. The van der Waals surface area contributed by atoms with Crippen LogP contribution >= 0.6 is 0 Å². The van der Waals surface area contributed by atoms with Gasteiger partial charge in [0.05, 0.1) is 11.6 Å². The lowest BCUT2D eigenvalue weighted by Gasteiger charge is -2.31. The molecule has 1 fully saturated rings. The van der Waals surface area contributed by atoms with Crippen molar-refractivity contribution in [1.82, 2.24) is 4.90 Å². The molecule has 4 heteroatoms. The zero-order valence-electron chi connectivity index (χ0n) is 10.4. The Morgan fingerprint density at radius 2 is 2.11 bits per heavy atom. The van der Waals surface area contributed by atoms with Crippen LogP contribution in [-0.4, -0.2) is 24.5 Å². The van der Waals surface area contributed by atoms with Gasteiger partial charge in [-0.1, -0.05) is 6.07 Å². The highest BCUT2D eigenvalue weighted by atomic mass is 19.1. The molecule has 18 heavy (non-hydrogen) atoms. The van der Waals surface area contributed by atoms with Crippen molar-refractivity contribution in [2.45, 2.75) is 19.4 Å². The van der Waals surface area contributed by atoms with Gasteiger partial charge in [0.15, 0.2) is 0 Å². The average Bonchev–Trinajstić information content (AvgIpc) is 2.41. The molecule has 0 aliphatic carbocycles. The lowest BCUT2D eigenvalue weighted by Crippen LogP contribution is -2.35.